The van der Waals surface area contributed by atoms with Gasteiger partial charge in [0.25, 0.3) is 10.0 Å². The van der Waals surface area contributed by atoms with Gasteiger partial charge in [0.15, 0.2) is 0 Å². The average Bonchev–Trinajstić information content (AvgIpc) is 2.76. The van der Waals surface area contributed by atoms with Crippen LogP contribution in [-0.4, -0.2) is 29.1 Å². The van der Waals surface area contributed by atoms with Crippen LogP contribution in [0.1, 0.15) is 18.4 Å². The molecule has 32 heavy (non-hydrogen) atoms. The van der Waals surface area contributed by atoms with E-state index in [2.05, 4.69) is 4.72 Å². The number of nitrogens with zero attached hydrogens (tertiary/aromatic N) is 1. The standard InChI is InChI=1S/C23H24N2O5S2/c1-18-9-12-20(25-15-5-6-16-31(25,26)27)17-23(18)32(28,29)24-19-10-13-22(14-11-19)30-21-7-3-2-4-8-21/h2-4,7-14,17,24H,5-6,15-16H2,1H3. The van der Waals surface area contributed by atoms with Crippen molar-refractivity contribution >= 4 is 31.4 Å². The molecule has 1 fully saturated rings. The van der Waals surface area contributed by atoms with E-state index in [-0.39, 0.29) is 10.6 Å². The van der Waals surface area contributed by atoms with Gasteiger partial charge in [-0.1, -0.05) is 24.3 Å². The van der Waals surface area contributed by atoms with E-state index in [0.29, 0.717) is 41.4 Å². The maximum absolute atomic E-state index is 13.1. The van der Waals surface area contributed by atoms with Crippen LogP contribution in [0.4, 0.5) is 11.4 Å². The predicted molar refractivity (Wildman–Crippen MR) is 125 cm³/mol. The normalized spacial score (nSPS) is 15.8. The highest BCUT2D eigenvalue weighted by Crippen LogP contribution is 2.29. The molecule has 0 unspecified atom stereocenters. The Morgan fingerprint density at radius 2 is 1.59 bits per heavy atom. The summed E-state index contributed by atoms with van der Waals surface area (Å²) in [5, 5.41) is 0. The van der Waals surface area contributed by atoms with E-state index in [4.69, 9.17) is 4.74 Å². The fraction of sp³-hybridized carbons (Fsp3) is 0.217. The monoisotopic (exact) mass is 472 g/mol. The Hall–Kier alpha value is -3.04. The van der Waals surface area contributed by atoms with Crippen LogP contribution in [0.2, 0.25) is 0 Å². The summed E-state index contributed by atoms with van der Waals surface area (Å²) in [7, 11) is -7.36. The number of sulfonamides is 2. The molecule has 168 valence electrons. The lowest BCUT2D eigenvalue weighted by atomic mass is 10.2. The van der Waals surface area contributed by atoms with Crippen LogP contribution in [0.5, 0.6) is 11.5 Å². The van der Waals surface area contributed by atoms with Crippen LogP contribution in [0.25, 0.3) is 0 Å². The summed E-state index contributed by atoms with van der Waals surface area (Å²) in [4.78, 5) is 0.0420. The van der Waals surface area contributed by atoms with Gasteiger partial charge in [0.05, 0.1) is 16.3 Å². The molecule has 4 rings (SSSR count). The molecule has 7 nitrogen and oxygen atoms in total. The number of ether oxygens (including phenoxy) is 1. The molecule has 3 aromatic carbocycles. The molecule has 1 aliphatic heterocycles. The van der Waals surface area contributed by atoms with Crippen LogP contribution in [0, 0.1) is 6.92 Å². The Morgan fingerprint density at radius 3 is 2.28 bits per heavy atom. The van der Waals surface area contributed by atoms with Crippen molar-refractivity contribution in [1.82, 2.24) is 0 Å². The van der Waals surface area contributed by atoms with Gasteiger partial charge < -0.3 is 4.74 Å². The van der Waals surface area contributed by atoms with Crippen molar-refractivity contribution < 1.29 is 21.6 Å². The lowest BCUT2D eigenvalue weighted by molar-refractivity contribution is 0.483. The molecule has 1 aliphatic rings. The molecule has 0 saturated carbocycles. The average molecular weight is 473 g/mol. The maximum atomic E-state index is 13.1. The topological polar surface area (TPSA) is 92.8 Å². The van der Waals surface area contributed by atoms with Crippen molar-refractivity contribution in [3.8, 4) is 11.5 Å². The maximum Gasteiger partial charge on any atom is 0.262 e. The van der Waals surface area contributed by atoms with Crippen molar-refractivity contribution in [2.45, 2.75) is 24.7 Å². The highest BCUT2D eigenvalue weighted by atomic mass is 32.2. The SMILES string of the molecule is Cc1ccc(N2CCCCS2(=O)=O)cc1S(=O)(=O)Nc1ccc(Oc2ccccc2)cc1. The number of rotatable bonds is 6. The second-order valence-corrected chi connectivity index (χ2v) is 11.3. The summed E-state index contributed by atoms with van der Waals surface area (Å²) in [6.45, 7) is 2.03. The smallest absolute Gasteiger partial charge is 0.262 e. The predicted octanol–water partition coefficient (Wildman–Crippen LogP) is 4.52. The van der Waals surface area contributed by atoms with Crippen molar-refractivity contribution in [2.24, 2.45) is 0 Å². The Labute approximate surface area is 188 Å². The summed E-state index contributed by atoms with van der Waals surface area (Å²) < 4.78 is 60.6. The van der Waals surface area contributed by atoms with E-state index in [1.165, 1.54) is 10.4 Å². The third-order valence-corrected chi connectivity index (χ3v) is 8.58. The number of para-hydroxylation sites is 1. The summed E-state index contributed by atoms with van der Waals surface area (Å²) in [5.74, 6) is 1.33. The first-order valence-electron chi connectivity index (χ1n) is 10.2. The van der Waals surface area contributed by atoms with Crippen molar-refractivity contribution in [2.75, 3.05) is 21.3 Å². The molecule has 0 spiro atoms. The van der Waals surface area contributed by atoms with Gasteiger partial charge in [-0.25, -0.2) is 16.8 Å². The minimum atomic E-state index is -3.93. The van der Waals surface area contributed by atoms with Gasteiger partial charge >= 0.3 is 0 Å². The van der Waals surface area contributed by atoms with E-state index in [0.717, 1.165) is 6.42 Å². The molecule has 0 atom stereocenters. The summed E-state index contributed by atoms with van der Waals surface area (Å²) in [6.07, 6.45) is 1.35. The number of nitrogens with one attached hydrogen (secondary N) is 1. The van der Waals surface area contributed by atoms with Crippen LogP contribution < -0.4 is 13.8 Å². The molecule has 1 N–H and O–H groups in total. The molecule has 0 amide bonds. The Bertz CT molecular complexity index is 1310. The third kappa shape index (κ3) is 4.89. The van der Waals surface area contributed by atoms with Crippen molar-refractivity contribution in [3.63, 3.8) is 0 Å². The zero-order valence-corrected chi connectivity index (χ0v) is 19.2. The first-order valence-corrected chi connectivity index (χ1v) is 13.3. The molecule has 3 aromatic rings. The molecule has 0 aromatic heterocycles. The van der Waals surface area contributed by atoms with E-state index in [1.807, 2.05) is 30.3 Å². The zero-order chi connectivity index (χ0) is 22.8. The molecule has 0 bridgehead atoms. The minimum Gasteiger partial charge on any atom is -0.457 e. The second kappa shape index (κ2) is 8.84. The number of hydrogen-bond acceptors (Lipinski definition) is 5. The molecule has 1 saturated heterocycles. The fourth-order valence-corrected chi connectivity index (χ4v) is 6.49. The zero-order valence-electron chi connectivity index (χ0n) is 17.6. The lowest BCUT2D eigenvalue weighted by Crippen LogP contribution is -2.38. The van der Waals surface area contributed by atoms with Crippen molar-refractivity contribution in [3.05, 3.63) is 78.4 Å². The molecular weight excluding hydrogens is 448 g/mol. The fourth-order valence-electron chi connectivity index (χ4n) is 3.54. The largest absolute Gasteiger partial charge is 0.457 e. The van der Waals surface area contributed by atoms with Gasteiger partial charge in [0.2, 0.25) is 10.0 Å². The minimum absolute atomic E-state index is 0.0420. The summed E-state index contributed by atoms with van der Waals surface area (Å²) in [5.41, 5.74) is 1.27. The molecular formula is C23H24N2O5S2. The van der Waals surface area contributed by atoms with E-state index < -0.39 is 20.0 Å². The number of hydrogen-bond donors (Lipinski definition) is 1. The highest BCUT2D eigenvalue weighted by molar-refractivity contribution is 7.93. The van der Waals surface area contributed by atoms with Gasteiger partial charge in [0, 0.05) is 12.2 Å². The third-order valence-electron chi connectivity index (χ3n) is 5.18. The first kappa shape index (κ1) is 22.2. The van der Waals surface area contributed by atoms with Gasteiger partial charge in [0.1, 0.15) is 11.5 Å². The summed E-state index contributed by atoms with van der Waals surface area (Å²) >= 11 is 0. The molecule has 9 heteroatoms. The van der Waals surface area contributed by atoms with Gasteiger partial charge in [-0.05, 0) is 73.9 Å². The summed E-state index contributed by atoms with van der Waals surface area (Å²) in [6, 6.07) is 20.6. The van der Waals surface area contributed by atoms with Gasteiger partial charge in [-0.3, -0.25) is 9.03 Å². The Balaban J connectivity index is 1.56. The van der Waals surface area contributed by atoms with Gasteiger partial charge in [-0.2, -0.15) is 0 Å². The number of aryl methyl sites for hydroxylation is 1. The molecule has 1 heterocycles. The Morgan fingerprint density at radius 1 is 0.906 bits per heavy atom. The second-order valence-electron chi connectivity index (χ2n) is 7.59. The van der Waals surface area contributed by atoms with Crippen LogP contribution in [0.3, 0.4) is 0 Å². The van der Waals surface area contributed by atoms with Gasteiger partial charge in [-0.15, -0.1) is 0 Å². The number of anilines is 2. The lowest BCUT2D eigenvalue weighted by Gasteiger charge is -2.28. The van der Waals surface area contributed by atoms with E-state index in [9.17, 15) is 16.8 Å². The van der Waals surface area contributed by atoms with Crippen molar-refractivity contribution in [1.29, 1.82) is 0 Å². The van der Waals surface area contributed by atoms with Crippen LogP contribution in [-0.2, 0) is 20.0 Å². The van der Waals surface area contributed by atoms with E-state index >= 15 is 0 Å². The Kier molecular flexibility index (Phi) is 6.12. The molecule has 0 radical (unpaired) electrons. The highest BCUT2D eigenvalue weighted by Gasteiger charge is 2.28. The van der Waals surface area contributed by atoms with Crippen LogP contribution >= 0.6 is 0 Å². The first-order chi connectivity index (χ1) is 15.2. The van der Waals surface area contributed by atoms with E-state index in [1.54, 1.807) is 43.3 Å². The quantitative estimate of drug-likeness (QED) is 0.569. The number of benzene rings is 3. The molecule has 0 aliphatic carbocycles. The van der Waals surface area contributed by atoms with Crippen LogP contribution in [0.15, 0.2) is 77.7 Å².